The van der Waals surface area contributed by atoms with E-state index in [0.29, 0.717) is 6.29 Å². The normalized spacial score (nSPS) is 11.4. The summed E-state index contributed by atoms with van der Waals surface area (Å²) in [5.41, 5.74) is 0.148. The Bertz CT molecular complexity index is 702. The third-order valence-electron chi connectivity index (χ3n) is 2.30. The number of benzene rings is 1. The lowest BCUT2D eigenvalue weighted by atomic mass is 10.1. The minimum atomic E-state index is -3.87. The SMILES string of the molecule is NS(=O)(=O)c1ccc(O)c(-c2ccc(C=O)o2)c1. The smallest absolute Gasteiger partial charge is 0.238 e. The van der Waals surface area contributed by atoms with Crippen LogP contribution in [0.5, 0.6) is 5.75 Å². The van der Waals surface area contributed by atoms with Crippen LogP contribution in [0.15, 0.2) is 39.6 Å². The zero-order valence-corrected chi connectivity index (χ0v) is 9.85. The number of aldehydes is 1. The summed E-state index contributed by atoms with van der Waals surface area (Å²) < 4.78 is 27.5. The Morgan fingerprint density at radius 1 is 1.22 bits per heavy atom. The second-order valence-corrected chi connectivity index (χ2v) is 5.11. The van der Waals surface area contributed by atoms with E-state index in [9.17, 15) is 18.3 Å². The fourth-order valence-corrected chi connectivity index (χ4v) is 1.99. The van der Waals surface area contributed by atoms with Crippen molar-refractivity contribution < 1.29 is 22.7 Å². The molecule has 0 saturated heterocycles. The average Bonchev–Trinajstić information content (AvgIpc) is 2.76. The minimum absolute atomic E-state index is 0.0745. The van der Waals surface area contributed by atoms with Crippen LogP contribution in [0.1, 0.15) is 10.6 Å². The van der Waals surface area contributed by atoms with Crippen LogP contribution < -0.4 is 5.14 Å². The fraction of sp³-hybridized carbons (Fsp3) is 0. The topological polar surface area (TPSA) is 111 Å². The first-order chi connectivity index (χ1) is 8.41. The summed E-state index contributed by atoms with van der Waals surface area (Å²) in [5, 5.41) is 14.6. The maximum atomic E-state index is 11.2. The molecule has 0 saturated carbocycles. The van der Waals surface area contributed by atoms with Gasteiger partial charge < -0.3 is 9.52 Å². The lowest BCUT2D eigenvalue weighted by Gasteiger charge is -2.04. The number of hydrogen-bond donors (Lipinski definition) is 2. The first-order valence-corrected chi connectivity index (χ1v) is 6.37. The van der Waals surface area contributed by atoms with Crippen molar-refractivity contribution in [2.24, 2.45) is 5.14 Å². The van der Waals surface area contributed by atoms with Crippen molar-refractivity contribution in [1.82, 2.24) is 0 Å². The van der Waals surface area contributed by atoms with E-state index in [2.05, 4.69) is 0 Å². The molecular weight excluding hydrogens is 258 g/mol. The highest BCUT2D eigenvalue weighted by molar-refractivity contribution is 7.89. The second kappa shape index (κ2) is 4.28. The lowest BCUT2D eigenvalue weighted by molar-refractivity contribution is 0.110. The van der Waals surface area contributed by atoms with Gasteiger partial charge >= 0.3 is 0 Å². The van der Waals surface area contributed by atoms with Crippen molar-refractivity contribution in [1.29, 1.82) is 0 Å². The van der Waals surface area contributed by atoms with Crippen molar-refractivity contribution >= 4 is 16.3 Å². The van der Waals surface area contributed by atoms with Gasteiger partial charge in [0.1, 0.15) is 11.5 Å². The number of furan rings is 1. The van der Waals surface area contributed by atoms with E-state index in [4.69, 9.17) is 9.56 Å². The molecule has 1 heterocycles. The molecule has 6 nitrogen and oxygen atoms in total. The molecule has 3 N–H and O–H groups in total. The van der Waals surface area contributed by atoms with Gasteiger partial charge in [-0.05, 0) is 30.3 Å². The van der Waals surface area contributed by atoms with Gasteiger partial charge in [-0.3, -0.25) is 4.79 Å². The summed E-state index contributed by atoms with van der Waals surface area (Å²) >= 11 is 0. The largest absolute Gasteiger partial charge is 0.507 e. The summed E-state index contributed by atoms with van der Waals surface area (Å²) in [4.78, 5) is 10.3. The highest BCUT2D eigenvalue weighted by atomic mass is 32.2. The van der Waals surface area contributed by atoms with E-state index in [1.54, 1.807) is 0 Å². The molecule has 94 valence electrons. The minimum Gasteiger partial charge on any atom is -0.507 e. The number of rotatable bonds is 3. The number of nitrogens with two attached hydrogens (primary N) is 1. The van der Waals surface area contributed by atoms with Gasteiger partial charge in [-0.2, -0.15) is 0 Å². The van der Waals surface area contributed by atoms with Crippen LogP contribution in [-0.2, 0) is 10.0 Å². The van der Waals surface area contributed by atoms with Gasteiger partial charge in [-0.1, -0.05) is 0 Å². The van der Waals surface area contributed by atoms with Crippen molar-refractivity contribution in [2.75, 3.05) is 0 Å². The van der Waals surface area contributed by atoms with E-state index >= 15 is 0 Å². The standard InChI is InChI=1S/C11H9NO5S/c12-18(15,16)8-2-3-10(14)9(5-8)11-4-1-7(6-13)17-11/h1-6,14H,(H2,12,15,16). The molecule has 0 aliphatic rings. The molecule has 0 amide bonds. The van der Waals surface area contributed by atoms with Crippen LogP contribution in [0, 0.1) is 0 Å². The van der Waals surface area contributed by atoms with Gasteiger partial charge in [-0.15, -0.1) is 0 Å². The fourth-order valence-electron chi connectivity index (χ4n) is 1.45. The number of phenolic OH excluding ortho intramolecular Hbond substituents is 1. The molecule has 0 unspecified atom stereocenters. The molecule has 1 aromatic carbocycles. The molecule has 0 spiro atoms. The summed E-state index contributed by atoms with van der Waals surface area (Å²) in [6.07, 6.45) is 0.504. The Kier molecular flexibility index (Phi) is 2.93. The predicted octanol–water partition coefficient (Wildman–Crippen LogP) is 1.11. The van der Waals surface area contributed by atoms with Gasteiger partial charge in [0.25, 0.3) is 0 Å². The van der Waals surface area contributed by atoms with Gasteiger partial charge in [0.15, 0.2) is 12.0 Å². The molecule has 7 heteroatoms. The Hall–Kier alpha value is -2.12. The third kappa shape index (κ3) is 2.27. The second-order valence-electron chi connectivity index (χ2n) is 3.54. The van der Waals surface area contributed by atoms with Crippen LogP contribution in [-0.4, -0.2) is 19.8 Å². The molecule has 0 fully saturated rings. The molecule has 18 heavy (non-hydrogen) atoms. The summed E-state index contributed by atoms with van der Waals surface area (Å²) in [7, 11) is -3.87. The number of carbonyl (C=O) groups excluding carboxylic acids is 1. The van der Waals surface area contributed by atoms with Gasteiger partial charge in [0.2, 0.25) is 10.0 Å². The lowest BCUT2D eigenvalue weighted by Crippen LogP contribution is -2.11. The highest BCUT2D eigenvalue weighted by Gasteiger charge is 2.14. The quantitative estimate of drug-likeness (QED) is 0.809. The van der Waals surface area contributed by atoms with Crippen molar-refractivity contribution in [3.8, 4) is 17.1 Å². The summed E-state index contributed by atoms with van der Waals surface area (Å²) in [6.45, 7) is 0. The summed E-state index contributed by atoms with van der Waals surface area (Å²) in [5.74, 6) is 0.0831. The zero-order chi connectivity index (χ0) is 13.3. The monoisotopic (exact) mass is 267 g/mol. The van der Waals surface area contributed by atoms with Crippen LogP contribution >= 0.6 is 0 Å². The van der Waals surface area contributed by atoms with E-state index in [0.717, 1.165) is 0 Å². The zero-order valence-electron chi connectivity index (χ0n) is 9.03. The van der Waals surface area contributed by atoms with E-state index in [1.807, 2.05) is 0 Å². The molecule has 0 atom stereocenters. The molecule has 2 rings (SSSR count). The van der Waals surface area contributed by atoms with E-state index in [-0.39, 0.29) is 27.7 Å². The number of aromatic hydroxyl groups is 1. The Labute approximate surface area is 103 Å². The van der Waals surface area contributed by atoms with Crippen molar-refractivity contribution in [2.45, 2.75) is 4.90 Å². The molecule has 0 bridgehead atoms. The number of phenols is 1. The predicted molar refractivity (Wildman–Crippen MR) is 62.6 cm³/mol. The van der Waals surface area contributed by atoms with Crippen LogP contribution in [0.2, 0.25) is 0 Å². The highest BCUT2D eigenvalue weighted by Crippen LogP contribution is 2.32. The van der Waals surface area contributed by atoms with Crippen LogP contribution in [0.3, 0.4) is 0 Å². The molecule has 2 aromatic rings. The average molecular weight is 267 g/mol. The van der Waals surface area contributed by atoms with Gasteiger partial charge in [0.05, 0.1) is 10.5 Å². The Balaban J connectivity index is 2.59. The first-order valence-electron chi connectivity index (χ1n) is 4.83. The number of sulfonamides is 1. The summed E-state index contributed by atoms with van der Waals surface area (Å²) in [6, 6.07) is 6.41. The molecule has 0 aliphatic carbocycles. The Morgan fingerprint density at radius 3 is 2.50 bits per heavy atom. The van der Waals surface area contributed by atoms with E-state index < -0.39 is 10.0 Å². The van der Waals surface area contributed by atoms with Crippen molar-refractivity contribution in [3.05, 3.63) is 36.1 Å². The Morgan fingerprint density at radius 2 is 1.94 bits per heavy atom. The molecule has 1 aromatic heterocycles. The van der Waals surface area contributed by atoms with Gasteiger partial charge in [0, 0.05) is 0 Å². The number of primary sulfonamides is 1. The maximum Gasteiger partial charge on any atom is 0.238 e. The molecule has 0 radical (unpaired) electrons. The van der Waals surface area contributed by atoms with Crippen LogP contribution in [0.4, 0.5) is 0 Å². The van der Waals surface area contributed by atoms with Crippen LogP contribution in [0.25, 0.3) is 11.3 Å². The molecular formula is C11H9NO5S. The maximum absolute atomic E-state index is 11.2. The molecule has 0 aliphatic heterocycles. The van der Waals surface area contributed by atoms with E-state index in [1.165, 1.54) is 30.3 Å². The van der Waals surface area contributed by atoms with Crippen molar-refractivity contribution in [3.63, 3.8) is 0 Å². The first kappa shape index (κ1) is 12.3. The third-order valence-corrected chi connectivity index (χ3v) is 3.22. The van der Waals surface area contributed by atoms with Gasteiger partial charge in [-0.25, -0.2) is 13.6 Å². The number of hydrogen-bond acceptors (Lipinski definition) is 5. The number of carbonyl (C=O) groups is 1.